The maximum atomic E-state index is 16.3. The number of unbranched alkanes of at least 4 members (excludes halogenated alkanes) is 22. The zero-order valence-corrected chi connectivity index (χ0v) is 55.2. The summed E-state index contributed by atoms with van der Waals surface area (Å²) in [4.78, 5) is 60.9. The number of rotatable bonds is 42. The number of ether oxygens (including phenoxy) is 10. The van der Waals surface area contributed by atoms with Crippen LogP contribution in [0.2, 0.25) is 0 Å². The van der Waals surface area contributed by atoms with Gasteiger partial charge in [-0.15, -0.1) is 0 Å². The van der Waals surface area contributed by atoms with E-state index in [4.69, 9.17) is 47.4 Å². The van der Waals surface area contributed by atoms with Gasteiger partial charge in [0, 0.05) is 39.6 Å². The van der Waals surface area contributed by atoms with Crippen molar-refractivity contribution in [2.45, 2.75) is 341 Å². The van der Waals surface area contributed by atoms with Crippen molar-refractivity contribution in [2.24, 2.45) is 5.92 Å². The molecule has 2 unspecified atom stereocenters. The number of hydrogen-bond acceptors (Lipinski definition) is 14. The average molecular weight is 1170 g/mol. The molecule has 0 amide bonds. The first-order chi connectivity index (χ1) is 39.0. The summed E-state index contributed by atoms with van der Waals surface area (Å²) in [6, 6.07) is 9.92. The third-order valence-corrected chi connectivity index (χ3v) is 15.6. The summed E-state index contributed by atoms with van der Waals surface area (Å²) >= 11 is 0. The van der Waals surface area contributed by atoms with Crippen molar-refractivity contribution < 1.29 is 66.5 Å². The Morgan fingerprint density at radius 2 is 1.05 bits per heavy atom. The lowest BCUT2D eigenvalue weighted by molar-refractivity contribution is -0.393. The average Bonchev–Trinajstić information content (AvgIpc) is 1.87. The fourth-order valence-electron chi connectivity index (χ4n) is 11.4. The quantitative estimate of drug-likeness (QED) is 0.0200. The summed E-state index contributed by atoms with van der Waals surface area (Å²) in [6.45, 7) is 31.2. The molecule has 2 bridgehead atoms. The van der Waals surface area contributed by atoms with Crippen molar-refractivity contribution in [1.29, 1.82) is 0 Å². The first-order valence-electron chi connectivity index (χ1n) is 32.5. The van der Waals surface area contributed by atoms with Gasteiger partial charge in [-0.3, -0.25) is 4.79 Å². The lowest BCUT2D eigenvalue weighted by Gasteiger charge is -2.53. The largest absolute Gasteiger partial charge is 0.458 e. The number of carbonyl (C=O) groups excluding carboxylic acids is 4. The van der Waals surface area contributed by atoms with Crippen LogP contribution >= 0.6 is 0 Å². The Morgan fingerprint density at radius 1 is 0.602 bits per heavy atom. The number of methoxy groups -OCH3 is 1. The summed E-state index contributed by atoms with van der Waals surface area (Å²) in [5.74, 6) is -7.42. The Balaban J connectivity index is 2.32. The Kier molecular flexibility index (Phi) is 31.5. The molecule has 0 saturated carbocycles. The zero-order chi connectivity index (χ0) is 62.0. The molecule has 2 saturated heterocycles. The molecular weight excluding hydrogens is 1050 g/mol. The fourth-order valence-corrected chi connectivity index (χ4v) is 11.4. The molecule has 14 nitrogen and oxygen atoms in total. The highest BCUT2D eigenvalue weighted by Gasteiger charge is 2.87. The monoisotopic (exact) mass is 1170 g/mol. The van der Waals surface area contributed by atoms with E-state index >= 15 is 14.4 Å². The van der Waals surface area contributed by atoms with Gasteiger partial charge in [-0.25, -0.2) is 14.4 Å². The van der Waals surface area contributed by atoms with Crippen LogP contribution in [0.3, 0.4) is 0 Å². The van der Waals surface area contributed by atoms with Gasteiger partial charge in [0.15, 0.2) is 5.79 Å². The minimum atomic E-state index is -2.77. The van der Waals surface area contributed by atoms with Crippen molar-refractivity contribution in [3.8, 4) is 0 Å². The number of carbonyl (C=O) groups is 4. The highest BCUT2D eigenvalue weighted by molar-refractivity contribution is 6.00. The molecule has 0 spiro atoms. The van der Waals surface area contributed by atoms with Gasteiger partial charge < -0.3 is 47.4 Å². The van der Waals surface area contributed by atoms with Gasteiger partial charge >= 0.3 is 23.9 Å². The molecule has 478 valence electrons. The minimum absolute atomic E-state index is 0.0559. The molecule has 1 aromatic rings. The van der Waals surface area contributed by atoms with E-state index in [0.29, 0.717) is 24.8 Å². The van der Waals surface area contributed by atoms with Crippen LogP contribution < -0.4 is 0 Å². The maximum Gasteiger partial charge on any atom is 0.346 e. The van der Waals surface area contributed by atoms with Crippen LogP contribution in [0.5, 0.6) is 0 Å². The molecule has 0 radical (unpaired) electrons. The van der Waals surface area contributed by atoms with Crippen LogP contribution in [0.15, 0.2) is 42.5 Å². The number of benzene rings is 1. The molecule has 0 N–H and O–H groups in total. The normalized spacial score (nSPS) is 22.7. The molecule has 2 aliphatic heterocycles. The third-order valence-electron chi connectivity index (χ3n) is 15.6. The van der Waals surface area contributed by atoms with Crippen LogP contribution in [-0.2, 0) is 73.0 Å². The van der Waals surface area contributed by atoms with Crippen molar-refractivity contribution in [3.63, 3.8) is 0 Å². The van der Waals surface area contributed by atoms with Crippen molar-refractivity contribution in [2.75, 3.05) is 20.3 Å². The smallest absolute Gasteiger partial charge is 0.346 e. The van der Waals surface area contributed by atoms with Gasteiger partial charge in [-0.1, -0.05) is 199 Å². The summed E-state index contributed by atoms with van der Waals surface area (Å²) in [5.41, 5.74) is -7.39. The molecule has 0 aromatic heterocycles. The van der Waals surface area contributed by atoms with E-state index in [9.17, 15) is 4.79 Å². The minimum Gasteiger partial charge on any atom is -0.458 e. The maximum absolute atomic E-state index is 16.3. The summed E-state index contributed by atoms with van der Waals surface area (Å²) < 4.78 is 67.3. The van der Waals surface area contributed by atoms with Gasteiger partial charge in [0.2, 0.25) is 23.1 Å². The zero-order valence-electron chi connectivity index (χ0n) is 55.2. The Hall–Kier alpha value is -3.40. The van der Waals surface area contributed by atoms with Crippen LogP contribution in [0.4, 0.5) is 0 Å². The lowest BCUT2D eigenvalue weighted by Crippen LogP contribution is -2.80. The molecule has 1 aromatic carbocycles. The first kappa shape index (κ1) is 73.9. The van der Waals surface area contributed by atoms with Gasteiger partial charge in [0.1, 0.15) is 35.1 Å². The molecule has 0 aliphatic carbocycles. The molecular formula is C69H118O14. The predicted molar refractivity (Wildman–Crippen MR) is 329 cm³/mol. The lowest BCUT2D eigenvalue weighted by atomic mass is 9.73. The van der Waals surface area contributed by atoms with Gasteiger partial charge in [-0.05, 0) is 113 Å². The van der Waals surface area contributed by atoms with Crippen LogP contribution in [0.25, 0.3) is 0 Å². The molecule has 3 rings (SSSR count). The fraction of sp³-hybridized carbons (Fsp3) is 0.826. The predicted octanol–water partition coefficient (Wildman–Crippen LogP) is 16.3. The number of fused-ring (bicyclic) bond motifs is 2. The number of esters is 4. The highest BCUT2D eigenvalue weighted by Crippen LogP contribution is 2.60. The van der Waals surface area contributed by atoms with Crippen molar-refractivity contribution >= 4 is 23.9 Å². The van der Waals surface area contributed by atoms with Gasteiger partial charge in [-0.2, -0.15) is 0 Å². The van der Waals surface area contributed by atoms with E-state index in [1.807, 2.05) is 37.3 Å². The second kappa shape index (κ2) is 35.4. The van der Waals surface area contributed by atoms with Crippen LogP contribution in [0.1, 0.15) is 276 Å². The molecule has 2 fully saturated rings. The highest BCUT2D eigenvalue weighted by atomic mass is 16.8. The Morgan fingerprint density at radius 3 is 1.49 bits per heavy atom. The molecule has 83 heavy (non-hydrogen) atoms. The molecule has 14 heteroatoms. The molecule has 2 heterocycles. The van der Waals surface area contributed by atoms with Gasteiger partial charge in [0.25, 0.3) is 0 Å². The second-order valence-electron chi connectivity index (χ2n) is 27.3. The van der Waals surface area contributed by atoms with Crippen LogP contribution in [-0.4, -0.2) is 108 Å². The Bertz CT molecular complexity index is 2050. The first-order valence-corrected chi connectivity index (χ1v) is 32.5. The third kappa shape index (κ3) is 24.0. The second-order valence-corrected chi connectivity index (χ2v) is 27.3. The standard InChI is InChI=1S/C69H118O14/c1-18-20-22-24-26-28-30-32-34-36-38-43-49-75-58-57(78-66(15,16)74-17)67(48-47-52(3)56(77-54(5)70)53(4)51-55-45-41-40-42-46-55)79-59(60(71)80-63(6,7)8)68(61(72)81-64(9,10)11,69(58,83-67)62(73)82-65(12,13)14)76-50-44-39-37-35-33-31-29-27-25-23-21-19-2/h40-42,45-46,53,56-59H,3,18-39,43-44,47-51H2,1-2,4-17H3/t53?,56?,57-,58-,59-,67-,68-,69-/m1/s1. The summed E-state index contributed by atoms with van der Waals surface area (Å²) in [6.07, 6.45) is 21.0. The summed E-state index contributed by atoms with van der Waals surface area (Å²) in [5, 5.41) is 0. The number of hydrogen-bond donors (Lipinski definition) is 0. The Labute approximate surface area is 504 Å². The van der Waals surface area contributed by atoms with E-state index < -0.39 is 87.9 Å². The van der Waals surface area contributed by atoms with E-state index in [2.05, 4.69) is 20.4 Å². The van der Waals surface area contributed by atoms with Crippen molar-refractivity contribution in [3.05, 3.63) is 48.0 Å². The molecule has 2 aliphatic rings. The topological polar surface area (TPSA) is 161 Å². The van der Waals surface area contributed by atoms with Crippen LogP contribution in [0, 0.1) is 5.92 Å². The van der Waals surface area contributed by atoms with E-state index in [0.717, 1.165) is 56.9 Å². The van der Waals surface area contributed by atoms with Crippen molar-refractivity contribution in [1.82, 2.24) is 0 Å². The molecule has 8 atom stereocenters. The van der Waals surface area contributed by atoms with E-state index in [1.54, 1.807) is 76.2 Å². The van der Waals surface area contributed by atoms with E-state index in [1.165, 1.54) is 104 Å². The summed E-state index contributed by atoms with van der Waals surface area (Å²) in [7, 11) is 1.49. The van der Waals surface area contributed by atoms with Gasteiger partial charge in [0.05, 0.1) is 0 Å². The SMILES string of the molecule is C=C(CC[C@@]12O[C@H](C(=O)OC(C)(C)C)[C@@](OCCCCCCCCCCCCCC)(C(=O)OC(C)(C)C)[C@@](C(=O)OC(C)(C)C)(O1)[C@H](OCCCCCCCCCCCCCC)[C@H]2OC(C)(C)OC)C(OC(C)=O)C(C)Cc1ccccc1. The van der Waals surface area contributed by atoms with E-state index in [-0.39, 0.29) is 32.0 Å².